The molecule has 25 heteroatoms. The molecule has 2 heterocycles. The number of amides is 8. The number of nitrogens with zero attached hydrogens (tertiary/aromatic N) is 1. The van der Waals surface area contributed by atoms with Crippen LogP contribution in [0, 0.1) is 17.3 Å². The zero-order valence-electron chi connectivity index (χ0n) is 36.9. The van der Waals surface area contributed by atoms with E-state index in [9.17, 15) is 68.1 Å². The monoisotopic (exact) mass is 930 g/mol. The number of hydrogen-bond acceptors (Lipinski definition) is 16. The van der Waals surface area contributed by atoms with Crippen molar-refractivity contribution in [2.75, 3.05) is 32.0 Å². The lowest BCUT2D eigenvalue weighted by atomic mass is 9.75. The minimum absolute atomic E-state index is 0.0279. The van der Waals surface area contributed by atoms with Gasteiger partial charge in [-0.15, -0.1) is 0 Å². The summed E-state index contributed by atoms with van der Waals surface area (Å²) in [7, 11) is -2.29. The van der Waals surface area contributed by atoms with E-state index in [4.69, 9.17) is 5.73 Å². The van der Waals surface area contributed by atoms with Crippen LogP contribution in [-0.4, -0.2) is 175 Å². The van der Waals surface area contributed by atoms with Crippen molar-refractivity contribution >= 4 is 58.6 Å². The highest BCUT2D eigenvalue weighted by Crippen LogP contribution is 2.34. The fourth-order valence-corrected chi connectivity index (χ4v) is 8.04. The summed E-state index contributed by atoms with van der Waals surface area (Å²) < 4.78 is 13.9. The van der Waals surface area contributed by atoms with Crippen molar-refractivity contribution in [3.63, 3.8) is 0 Å². The van der Waals surface area contributed by atoms with E-state index >= 15 is 0 Å². The zero-order chi connectivity index (χ0) is 48.8. The number of nitrogens with two attached hydrogens (primary N) is 1. The van der Waals surface area contributed by atoms with E-state index in [2.05, 4.69) is 55.7 Å². The van der Waals surface area contributed by atoms with Crippen LogP contribution >= 0.6 is 0 Å². The minimum Gasteiger partial charge on any atom is -0.394 e. The van der Waals surface area contributed by atoms with Crippen molar-refractivity contribution in [3.05, 3.63) is 23.9 Å². The van der Waals surface area contributed by atoms with Crippen molar-refractivity contribution in [3.8, 4) is 0 Å². The highest BCUT2D eigenvalue weighted by atomic mass is 32.2. The van der Waals surface area contributed by atoms with Gasteiger partial charge in [-0.3, -0.25) is 47.9 Å². The maximum absolute atomic E-state index is 14.2. The fraction of sp³-hybridized carbons (Fsp3) is 0.692. The highest BCUT2D eigenvalue weighted by Gasteiger charge is 2.46. The molecule has 2 aliphatic heterocycles. The molecule has 0 aromatic rings. The highest BCUT2D eigenvalue weighted by molar-refractivity contribution is 7.89. The van der Waals surface area contributed by atoms with Crippen LogP contribution in [0.25, 0.3) is 0 Å². The van der Waals surface area contributed by atoms with Crippen molar-refractivity contribution in [1.29, 1.82) is 0 Å². The second kappa shape index (κ2) is 24.9. The standard InChI is InChI=1S/C39H66N10O14S/c1-9-18(2)32(47-30(56)12-41-17-51)36(60)42-13-31(57)45-26-16-64(63)23(7)43-20(4)39(8,22(6)52)21(5)44-37(61)33(19(3)28(54)15-50)48-35(59)27-10-24(53)14-49(27)38(62)25(11-29(40)55)46-34(26)58/h17-19,21-22,24-28,31-33,43,45,50,52-54,57H,4,7,9-16H2,1-3,5-6,8H3,(H2,40,55)(H,41,51)(H,42,60)(H,44,61)(H,46,58)(H,47,56)(H,48,59)/t18?,19-,21-,22?,24?,25?,26-,27?,28-,31?,32?,33?,39-,64?/m0/s1. The van der Waals surface area contributed by atoms with Gasteiger partial charge in [0.15, 0.2) is 0 Å². The molecular weight excluding hydrogens is 865 g/mol. The third-order valence-corrected chi connectivity index (χ3v) is 13.1. The number of carbonyl (C=O) groups excluding carboxylic acids is 8. The maximum Gasteiger partial charge on any atom is 0.246 e. The average molecular weight is 931 g/mol. The molecule has 2 saturated heterocycles. The number of primary amides is 1. The SMILES string of the molecule is C=C1NC(=C)[C@](C)(C(C)O)[C@H](C)NC(=O)C([C@@H](C)[C@@H](O)CO)NC(=O)C2CC(O)CN2C(=O)C(CC(N)=O)NC(=O)[C@@H](NC(O)CNC(=O)C(NC(=O)CNC=O)C(C)CC)CS1=O. The van der Waals surface area contributed by atoms with Gasteiger partial charge in [-0.25, -0.2) is 0 Å². The molecule has 2 aliphatic rings. The second-order valence-electron chi connectivity index (χ2n) is 16.4. The molecule has 15 N–H and O–H groups in total. The first-order chi connectivity index (χ1) is 29.8. The smallest absolute Gasteiger partial charge is 0.246 e. The minimum atomic E-state index is -2.29. The summed E-state index contributed by atoms with van der Waals surface area (Å²) in [5, 5.41) is 72.8. The Labute approximate surface area is 373 Å². The van der Waals surface area contributed by atoms with Crippen molar-refractivity contribution in [1.82, 2.24) is 47.4 Å². The Morgan fingerprint density at radius 2 is 1.69 bits per heavy atom. The Balaban J connectivity index is 2.65. The van der Waals surface area contributed by atoms with Crippen LogP contribution in [0.15, 0.2) is 23.9 Å². The van der Waals surface area contributed by atoms with E-state index in [1.54, 1.807) is 13.8 Å². The summed E-state index contributed by atoms with van der Waals surface area (Å²) in [6.07, 6.45) is -6.41. The molecule has 2 fully saturated rings. The average Bonchev–Trinajstić information content (AvgIpc) is 3.64. The first-order valence-corrected chi connectivity index (χ1v) is 22.0. The molecule has 14 atom stereocenters. The van der Waals surface area contributed by atoms with Crippen LogP contribution in [0.1, 0.15) is 60.8 Å². The van der Waals surface area contributed by atoms with Crippen LogP contribution in [0.3, 0.4) is 0 Å². The molecule has 0 saturated carbocycles. The lowest BCUT2D eigenvalue weighted by molar-refractivity contribution is -0.144. The van der Waals surface area contributed by atoms with Gasteiger partial charge in [0.05, 0.1) is 71.4 Å². The van der Waals surface area contributed by atoms with E-state index in [1.807, 2.05) is 0 Å². The first-order valence-electron chi connectivity index (χ1n) is 20.7. The van der Waals surface area contributed by atoms with Gasteiger partial charge in [-0.2, -0.15) is 0 Å². The Bertz CT molecular complexity index is 1770. The summed E-state index contributed by atoms with van der Waals surface area (Å²) in [4.78, 5) is 106. The molecule has 24 nitrogen and oxygen atoms in total. The molecule has 0 aliphatic carbocycles. The molecule has 0 aromatic heterocycles. The topological polar surface area (TPSA) is 380 Å². The largest absolute Gasteiger partial charge is 0.394 e. The normalized spacial score (nSPS) is 29.3. The van der Waals surface area contributed by atoms with Crippen LogP contribution in [-0.2, 0) is 49.2 Å². The summed E-state index contributed by atoms with van der Waals surface area (Å²) in [6.45, 7) is 14.6. The van der Waals surface area contributed by atoms with Crippen LogP contribution in [0.5, 0.6) is 0 Å². The predicted octanol–water partition coefficient (Wildman–Crippen LogP) is -6.32. The van der Waals surface area contributed by atoms with Gasteiger partial charge in [-0.05, 0) is 26.7 Å². The fourth-order valence-electron chi connectivity index (χ4n) is 7.05. The number of nitrogens with one attached hydrogen (secondary N) is 8. The van der Waals surface area contributed by atoms with Crippen LogP contribution in [0.4, 0.5) is 0 Å². The molecule has 0 radical (unpaired) electrons. The summed E-state index contributed by atoms with van der Waals surface area (Å²) in [5.74, 6) is -8.90. The second-order valence-corrected chi connectivity index (χ2v) is 17.9. The maximum atomic E-state index is 14.2. The van der Waals surface area contributed by atoms with Gasteiger partial charge in [0.2, 0.25) is 47.8 Å². The van der Waals surface area contributed by atoms with Gasteiger partial charge < -0.3 is 73.4 Å². The summed E-state index contributed by atoms with van der Waals surface area (Å²) >= 11 is 0. The zero-order valence-corrected chi connectivity index (χ0v) is 37.7. The van der Waals surface area contributed by atoms with Crippen molar-refractivity contribution in [2.24, 2.45) is 23.0 Å². The van der Waals surface area contributed by atoms with Crippen molar-refractivity contribution < 1.29 is 68.1 Å². The van der Waals surface area contributed by atoms with Gasteiger partial charge >= 0.3 is 0 Å². The Kier molecular flexibility index (Phi) is 21.4. The van der Waals surface area contributed by atoms with E-state index in [0.717, 1.165) is 4.90 Å². The predicted molar refractivity (Wildman–Crippen MR) is 229 cm³/mol. The van der Waals surface area contributed by atoms with Gasteiger partial charge in [0.1, 0.15) is 36.4 Å². The molecule has 8 amide bonds. The third kappa shape index (κ3) is 14.7. The van der Waals surface area contributed by atoms with E-state index < -0.39 is 169 Å². The molecule has 64 heavy (non-hydrogen) atoms. The Hall–Kier alpha value is -5.05. The Morgan fingerprint density at radius 3 is 2.25 bits per heavy atom. The van der Waals surface area contributed by atoms with Gasteiger partial charge in [-0.1, -0.05) is 40.3 Å². The molecule has 9 unspecified atom stereocenters. The van der Waals surface area contributed by atoms with Gasteiger partial charge in [0, 0.05) is 30.6 Å². The van der Waals surface area contributed by atoms with Gasteiger partial charge in [0.25, 0.3) is 0 Å². The number of aliphatic hydroxyl groups excluding tert-OH is 5. The van der Waals surface area contributed by atoms with Crippen LogP contribution < -0.4 is 48.3 Å². The van der Waals surface area contributed by atoms with E-state index in [0.29, 0.717) is 12.8 Å². The number of hydrogen-bond donors (Lipinski definition) is 14. The number of rotatable bonds is 17. The van der Waals surface area contributed by atoms with E-state index in [1.165, 1.54) is 27.7 Å². The summed E-state index contributed by atoms with van der Waals surface area (Å²) in [5.41, 5.74) is 3.94. The lowest BCUT2D eigenvalue weighted by Gasteiger charge is -2.41. The molecule has 0 spiro atoms. The molecule has 2 rings (SSSR count). The van der Waals surface area contributed by atoms with E-state index in [-0.39, 0.29) is 17.1 Å². The van der Waals surface area contributed by atoms with Crippen LogP contribution in [0.2, 0.25) is 0 Å². The molecular formula is C39H66N10O14S. The first kappa shape index (κ1) is 55.1. The molecule has 362 valence electrons. The summed E-state index contributed by atoms with van der Waals surface area (Å²) in [6, 6.07) is -8.81. The number of fused-ring (bicyclic) bond motifs is 1. The van der Waals surface area contributed by atoms with Crippen molar-refractivity contribution in [2.45, 2.75) is 122 Å². The number of aliphatic hydroxyl groups is 5. The molecule has 0 bridgehead atoms. The number of carbonyl (C=O) groups is 8. The third-order valence-electron chi connectivity index (χ3n) is 11.8. The molecule has 0 aromatic carbocycles. The Morgan fingerprint density at radius 1 is 1.05 bits per heavy atom. The quantitative estimate of drug-likeness (QED) is 0.0477. The lowest BCUT2D eigenvalue weighted by Crippen LogP contribution is -2.62.